The first-order valence-electron chi connectivity index (χ1n) is 13.9. The Balaban J connectivity index is 0.000000360. The van der Waals surface area contributed by atoms with Gasteiger partial charge in [0.1, 0.15) is 12.2 Å². The van der Waals surface area contributed by atoms with Crippen LogP contribution in [0.5, 0.6) is 0 Å². The van der Waals surface area contributed by atoms with Gasteiger partial charge in [0.15, 0.2) is 0 Å². The van der Waals surface area contributed by atoms with Gasteiger partial charge in [-0.05, 0) is 94.6 Å². The lowest BCUT2D eigenvalue weighted by atomic mass is 9.93. The van der Waals surface area contributed by atoms with Crippen LogP contribution in [-0.2, 0) is 0 Å². The van der Waals surface area contributed by atoms with E-state index in [1.54, 1.807) is 0 Å². The highest BCUT2D eigenvalue weighted by Gasteiger charge is 2.27. The number of allylic oxidation sites excluding steroid dienone is 7. The van der Waals surface area contributed by atoms with Gasteiger partial charge in [-0.25, -0.2) is 4.99 Å². The molecule has 40 heavy (non-hydrogen) atoms. The van der Waals surface area contributed by atoms with E-state index in [2.05, 4.69) is 108 Å². The molecular formula is C34H46ClN5. The number of nitrogens with zero attached hydrogens (tertiary/aromatic N) is 4. The first-order chi connectivity index (χ1) is 19.2. The topological polar surface area (TPSA) is 43.2 Å². The van der Waals surface area contributed by atoms with Crippen molar-refractivity contribution in [2.75, 3.05) is 25.0 Å². The largest absolute Gasteiger partial charge is 0.369 e. The van der Waals surface area contributed by atoms with Crippen molar-refractivity contribution in [2.24, 2.45) is 15.9 Å². The molecule has 1 aromatic rings. The predicted molar refractivity (Wildman–Crippen MR) is 177 cm³/mol. The van der Waals surface area contributed by atoms with Gasteiger partial charge in [0.2, 0.25) is 0 Å². The Morgan fingerprint density at radius 2 is 1.88 bits per heavy atom. The lowest BCUT2D eigenvalue weighted by Gasteiger charge is -2.31. The van der Waals surface area contributed by atoms with Gasteiger partial charge in [-0.15, -0.1) is 0 Å². The third-order valence-electron chi connectivity index (χ3n) is 7.10. The summed E-state index contributed by atoms with van der Waals surface area (Å²) in [5.41, 5.74) is 5.62. The van der Waals surface area contributed by atoms with Gasteiger partial charge in [0.05, 0.1) is 0 Å². The fourth-order valence-electron chi connectivity index (χ4n) is 4.62. The van der Waals surface area contributed by atoms with E-state index in [0.717, 1.165) is 59.2 Å². The molecule has 2 unspecified atom stereocenters. The Bertz CT molecular complexity index is 1170. The Kier molecular flexibility index (Phi) is 14.2. The monoisotopic (exact) mass is 559 g/mol. The van der Waals surface area contributed by atoms with Gasteiger partial charge in [-0.3, -0.25) is 9.89 Å². The van der Waals surface area contributed by atoms with E-state index in [1.807, 2.05) is 32.2 Å². The zero-order chi connectivity index (χ0) is 29.5. The van der Waals surface area contributed by atoms with Crippen LogP contribution in [0.25, 0.3) is 0 Å². The van der Waals surface area contributed by atoms with Gasteiger partial charge in [-0.2, -0.15) is 0 Å². The van der Waals surface area contributed by atoms with Gasteiger partial charge in [0.25, 0.3) is 0 Å². The van der Waals surface area contributed by atoms with E-state index >= 15 is 0 Å². The molecule has 214 valence electrons. The molecule has 0 bridgehead atoms. The highest BCUT2D eigenvalue weighted by Crippen LogP contribution is 2.29. The standard InChI is InChI=1S/C24H31ClN2.C10H15N3/c1-5-27(21-14-9-8-10-15-21)24(23-18-13-19-26(23)4)17-12-7-6-11-16-22(25)20(2)3;1-7-5-12-10(13-6-11-4)9(3)8(7)2/h5-10,14-17,23H,1-2,11-13,18-19H2,3-4H3;6-7,12H,2,4-5H2,1,3H3/b7-6-,22-16+,24-17-;13-6-. The second-order valence-corrected chi connectivity index (χ2v) is 10.5. The third kappa shape index (κ3) is 9.96. The van der Waals surface area contributed by atoms with E-state index in [-0.39, 0.29) is 0 Å². The van der Waals surface area contributed by atoms with Crippen molar-refractivity contribution < 1.29 is 0 Å². The van der Waals surface area contributed by atoms with E-state index in [9.17, 15) is 0 Å². The quantitative estimate of drug-likeness (QED) is 0.128. The van der Waals surface area contributed by atoms with Crippen LogP contribution in [0.2, 0.25) is 0 Å². The normalized spacial score (nSPS) is 20.4. The Morgan fingerprint density at radius 1 is 1.20 bits per heavy atom. The summed E-state index contributed by atoms with van der Waals surface area (Å²) in [6.07, 6.45) is 16.1. The number of likely N-dealkylation sites (N-methyl/N-ethyl adjacent to an activating group) is 1. The molecular weight excluding hydrogens is 514 g/mol. The fraction of sp³-hybridized carbons (Fsp3) is 0.353. The van der Waals surface area contributed by atoms with Gasteiger partial charge in [0, 0.05) is 35.2 Å². The molecule has 0 spiro atoms. The molecule has 0 saturated carbocycles. The minimum absolute atomic E-state index is 0.425. The number of nitrogens with one attached hydrogen (secondary N) is 1. The molecule has 2 atom stereocenters. The number of benzene rings is 1. The number of likely N-dealkylation sites (tertiary alicyclic amines) is 1. The van der Waals surface area contributed by atoms with Crippen LogP contribution in [0.3, 0.4) is 0 Å². The summed E-state index contributed by atoms with van der Waals surface area (Å²) in [7, 11) is 2.21. The summed E-state index contributed by atoms with van der Waals surface area (Å²) in [4.78, 5) is 12.3. The van der Waals surface area contributed by atoms with Crippen molar-refractivity contribution in [1.82, 2.24) is 10.2 Å². The lowest BCUT2D eigenvalue weighted by molar-refractivity contribution is 0.342. The number of hydrogen-bond donors (Lipinski definition) is 1. The SMILES string of the molecule is C=CN(/C(=C\C/C=C\C/C=C(/Cl)C(=C)C)C1CCCN1C)c1ccccc1.C=N/C=N\C1=C(C)C(=C)C(C)CN1. The number of rotatable bonds is 11. The Labute approximate surface area is 247 Å². The maximum Gasteiger partial charge on any atom is 0.131 e. The van der Waals surface area contributed by atoms with Crippen molar-refractivity contribution in [3.05, 3.63) is 114 Å². The molecule has 1 aromatic carbocycles. The van der Waals surface area contributed by atoms with Crippen molar-refractivity contribution in [3.63, 3.8) is 0 Å². The molecule has 0 radical (unpaired) electrons. The molecule has 1 fully saturated rings. The van der Waals surface area contributed by atoms with Crippen LogP contribution in [0, 0.1) is 5.92 Å². The number of aliphatic imine (C=N–C) groups is 2. The first kappa shape index (κ1) is 32.8. The zero-order valence-electron chi connectivity index (χ0n) is 24.7. The maximum absolute atomic E-state index is 6.10. The summed E-state index contributed by atoms with van der Waals surface area (Å²) < 4.78 is 0. The molecule has 5 nitrogen and oxygen atoms in total. The third-order valence-corrected chi connectivity index (χ3v) is 7.58. The predicted octanol–water partition coefficient (Wildman–Crippen LogP) is 8.39. The molecule has 2 aliphatic rings. The summed E-state index contributed by atoms with van der Waals surface area (Å²) in [5, 5.41) is 3.96. The summed E-state index contributed by atoms with van der Waals surface area (Å²) in [6, 6.07) is 10.9. The Morgan fingerprint density at radius 3 is 2.45 bits per heavy atom. The van der Waals surface area contributed by atoms with Gasteiger partial charge >= 0.3 is 0 Å². The minimum atomic E-state index is 0.425. The van der Waals surface area contributed by atoms with E-state index in [4.69, 9.17) is 11.6 Å². The average Bonchev–Trinajstić information content (AvgIpc) is 3.38. The molecule has 0 aliphatic carbocycles. The summed E-state index contributed by atoms with van der Waals surface area (Å²) >= 11 is 6.10. The first-order valence-corrected chi connectivity index (χ1v) is 14.2. The van der Waals surface area contributed by atoms with Crippen LogP contribution in [0.1, 0.15) is 46.5 Å². The number of para-hydroxylation sites is 1. The number of halogens is 1. The van der Waals surface area contributed by atoms with E-state index in [0.29, 0.717) is 12.0 Å². The van der Waals surface area contributed by atoms with Gasteiger partial charge < -0.3 is 10.2 Å². The highest BCUT2D eigenvalue weighted by molar-refractivity contribution is 6.31. The smallest absolute Gasteiger partial charge is 0.131 e. The second-order valence-electron chi connectivity index (χ2n) is 10.1. The molecule has 1 saturated heterocycles. The Hall–Kier alpha value is -3.41. The molecule has 0 aromatic heterocycles. The van der Waals surface area contributed by atoms with Crippen molar-refractivity contribution in [2.45, 2.75) is 52.5 Å². The van der Waals surface area contributed by atoms with E-state index in [1.165, 1.54) is 24.9 Å². The maximum atomic E-state index is 6.10. The molecule has 0 amide bonds. The van der Waals surface area contributed by atoms with Crippen LogP contribution < -0.4 is 10.2 Å². The zero-order valence-corrected chi connectivity index (χ0v) is 25.5. The van der Waals surface area contributed by atoms with Crippen molar-refractivity contribution >= 4 is 30.3 Å². The number of anilines is 1. The molecule has 6 heteroatoms. The second kappa shape index (κ2) is 17.3. The summed E-state index contributed by atoms with van der Waals surface area (Å²) in [5.74, 6) is 1.34. The van der Waals surface area contributed by atoms with E-state index < -0.39 is 0 Å². The molecule has 2 aliphatic heterocycles. The van der Waals surface area contributed by atoms with Gasteiger partial charge in [-0.1, -0.05) is 80.8 Å². The molecule has 3 rings (SSSR count). The van der Waals surface area contributed by atoms with Crippen molar-refractivity contribution in [1.29, 1.82) is 0 Å². The molecule has 1 N–H and O–H groups in total. The number of hydrogen-bond acceptors (Lipinski definition) is 4. The minimum Gasteiger partial charge on any atom is -0.369 e. The van der Waals surface area contributed by atoms with Crippen LogP contribution in [-0.4, -0.2) is 44.1 Å². The van der Waals surface area contributed by atoms with Crippen molar-refractivity contribution in [3.8, 4) is 0 Å². The van der Waals surface area contributed by atoms with Crippen LogP contribution >= 0.6 is 11.6 Å². The molecule has 2 heterocycles. The highest BCUT2D eigenvalue weighted by atomic mass is 35.5. The summed E-state index contributed by atoms with van der Waals surface area (Å²) in [6.45, 7) is 23.4. The fourth-order valence-corrected chi connectivity index (χ4v) is 4.71. The van der Waals surface area contributed by atoms with Crippen LogP contribution in [0.4, 0.5) is 5.69 Å². The van der Waals surface area contributed by atoms with Crippen LogP contribution in [0.15, 0.2) is 124 Å². The lowest BCUT2D eigenvalue weighted by Crippen LogP contribution is -2.34. The average molecular weight is 560 g/mol.